The van der Waals surface area contributed by atoms with Crippen LogP contribution in [0, 0.1) is 0 Å². The van der Waals surface area contributed by atoms with Crippen LogP contribution in [0.4, 0.5) is 0 Å². The zero-order valence-electron chi connectivity index (χ0n) is 9.61. The summed E-state index contributed by atoms with van der Waals surface area (Å²) in [4.78, 5) is 4.23. The minimum Gasteiger partial charge on any atom is -0.381 e. The van der Waals surface area contributed by atoms with Gasteiger partial charge in [0.15, 0.2) is 0 Å². The molecule has 0 aliphatic carbocycles. The molecule has 0 aromatic carbocycles. The SMILES string of the molecule is CCCn1ccnc1C(O)(CN)CCC. The van der Waals surface area contributed by atoms with Crippen LogP contribution >= 0.6 is 0 Å². The van der Waals surface area contributed by atoms with Crippen LogP contribution in [0.15, 0.2) is 12.4 Å². The summed E-state index contributed by atoms with van der Waals surface area (Å²) in [5.74, 6) is 0.702. The quantitative estimate of drug-likeness (QED) is 0.744. The Bertz CT molecular complexity index is 298. The summed E-state index contributed by atoms with van der Waals surface area (Å²) in [5.41, 5.74) is 4.68. The Balaban J connectivity index is 2.95. The van der Waals surface area contributed by atoms with Crippen molar-refractivity contribution >= 4 is 0 Å². The van der Waals surface area contributed by atoms with Crippen molar-refractivity contribution in [2.45, 2.75) is 45.3 Å². The molecule has 0 aliphatic heterocycles. The normalized spacial score (nSPS) is 15.2. The summed E-state index contributed by atoms with van der Waals surface area (Å²) < 4.78 is 1.99. The summed E-state index contributed by atoms with van der Waals surface area (Å²) in [6.45, 7) is 5.24. The molecule has 0 saturated heterocycles. The number of aryl methyl sites for hydroxylation is 1. The average molecular weight is 211 g/mol. The molecular weight excluding hydrogens is 190 g/mol. The molecular formula is C11H21N3O. The Morgan fingerprint density at radius 3 is 2.73 bits per heavy atom. The fourth-order valence-electron chi connectivity index (χ4n) is 1.86. The summed E-state index contributed by atoms with van der Waals surface area (Å²) in [5, 5.41) is 10.4. The van der Waals surface area contributed by atoms with Gasteiger partial charge in [-0.1, -0.05) is 20.3 Å². The third-order valence-corrected chi connectivity index (χ3v) is 2.60. The number of rotatable bonds is 6. The van der Waals surface area contributed by atoms with Crippen LogP contribution < -0.4 is 5.73 Å². The largest absolute Gasteiger partial charge is 0.381 e. The van der Waals surface area contributed by atoms with Gasteiger partial charge >= 0.3 is 0 Å². The molecule has 1 rings (SSSR count). The maximum Gasteiger partial charge on any atom is 0.142 e. The molecule has 1 aromatic heterocycles. The van der Waals surface area contributed by atoms with E-state index in [1.54, 1.807) is 6.20 Å². The highest BCUT2D eigenvalue weighted by molar-refractivity contribution is 5.05. The van der Waals surface area contributed by atoms with Gasteiger partial charge in [0.2, 0.25) is 0 Å². The van der Waals surface area contributed by atoms with E-state index >= 15 is 0 Å². The maximum absolute atomic E-state index is 10.4. The monoisotopic (exact) mass is 211 g/mol. The third-order valence-electron chi connectivity index (χ3n) is 2.60. The molecule has 86 valence electrons. The number of nitrogens with two attached hydrogens (primary N) is 1. The second kappa shape index (κ2) is 5.28. The van der Waals surface area contributed by atoms with Gasteiger partial charge in [-0.15, -0.1) is 0 Å². The number of imidazole rings is 1. The molecule has 1 heterocycles. The summed E-state index contributed by atoms with van der Waals surface area (Å²) in [6, 6.07) is 0. The van der Waals surface area contributed by atoms with E-state index in [0.717, 1.165) is 19.4 Å². The lowest BCUT2D eigenvalue weighted by molar-refractivity contribution is 0.0233. The second-order valence-corrected chi connectivity index (χ2v) is 3.93. The minimum absolute atomic E-state index is 0.224. The van der Waals surface area contributed by atoms with Crippen LogP contribution in [-0.2, 0) is 12.1 Å². The Morgan fingerprint density at radius 2 is 2.20 bits per heavy atom. The molecule has 15 heavy (non-hydrogen) atoms. The first-order valence-electron chi connectivity index (χ1n) is 5.62. The number of hydrogen-bond donors (Lipinski definition) is 2. The van der Waals surface area contributed by atoms with Crippen molar-refractivity contribution in [2.24, 2.45) is 5.73 Å². The van der Waals surface area contributed by atoms with Crippen molar-refractivity contribution in [2.75, 3.05) is 6.54 Å². The summed E-state index contributed by atoms with van der Waals surface area (Å²) in [6.07, 6.45) is 6.20. The van der Waals surface area contributed by atoms with Crippen LogP contribution in [0.5, 0.6) is 0 Å². The van der Waals surface area contributed by atoms with Crippen molar-refractivity contribution in [3.05, 3.63) is 18.2 Å². The highest BCUT2D eigenvalue weighted by Crippen LogP contribution is 2.24. The van der Waals surface area contributed by atoms with Gasteiger partial charge in [0.25, 0.3) is 0 Å². The van der Waals surface area contributed by atoms with Crippen molar-refractivity contribution < 1.29 is 5.11 Å². The lowest BCUT2D eigenvalue weighted by atomic mass is 9.97. The fraction of sp³-hybridized carbons (Fsp3) is 0.727. The van der Waals surface area contributed by atoms with Crippen molar-refractivity contribution in [1.29, 1.82) is 0 Å². The zero-order valence-corrected chi connectivity index (χ0v) is 9.61. The number of nitrogens with zero attached hydrogens (tertiary/aromatic N) is 2. The molecule has 4 heteroatoms. The van der Waals surface area contributed by atoms with Gasteiger partial charge in [-0.25, -0.2) is 4.98 Å². The van der Waals surface area contributed by atoms with Gasteiger partial charge in [-0.2, -0.15) is 0 Å². The van der Waals surface area contributed by atoms with Crippen LogP contribution in [0.3, 0.4) is 0 Å². The van der Waals surface area contributed by atoms with Crippen LogP contribution in [-0.4, -0.2) is 21.2 Å². The first-order valence-corrected chi connectivity index (χ1v) is 5.62. The van der Waals surface area contributed by atoms with Gasteiger partial charge in [-0.3, -0.25) is 0 Å². The van der Waals surface area contributed by atoms with Gasteiger partial charge < -0.3 is 15.4 Å². The highest BCUT2D eigenvalue weighted by atomic mass is 16.3. The molecule has 0 spiro atoms. The smallest absolute Gasteiger partial charge is 0.142 e. The minimum atomic E-state index is -0.965. The van der Waals surface area contributed by atoms with Gasteiger partial charge in [0.05, 0.1) is 0 Å². The lowest BCUT2D eigenvalue weighted by Crippen LogP contribution is -2.37. The van der Waals surface area contributed by atoms with Gasteiger partial charge in [-0.05, 0) is 12.8 Å². The van der Waals surface area contributed by atoms with E-state index < -0.39 is 5.60 Å². The Kier molecular flexibility index (Phi) is 4.29. The number of hydrogen-bond acceptors (Lipinski definition) is 3. The molecule has 0 amide bonds. The topological polar surface area (TPSA) is 64.1 Å². The van der Waals surface area contributed by atoms with Crippen LogP contribution in [0.25, 0.3) is 0 Å². The maximum atomic E-state index is 10.4. The Hall–Kier alpha value is -0.870. The highest BCUT2D eigenvalue weighted by Gasteiger charge is 2.30. The van der Waals surface area contributed by atoms with E-state index in [1.165, 1.54) is 0 Å². The van der Waals surface area contributed by atoms with E-state index in [1.807, 2.05) is 17.7 Å². The Morgan fingerprint density at radius 1 is 1.47 bits per heavy atom. The number of aromatic nitrogens is 2. The van der Waals surface area contributed by atoms with Gasteiger partial charge in [0, 0.05) is 25.5 Å². The first kappa shape index (κ1) is 12.2. The molecule has 3 N–H and O–H groups in total. The van der Waals surface area contributed by atoms with Crippen LogP contribution in [0.2, 0.25) is 0 Å². The third kappa shape index (κ3) is 2.58. The molecule has 0 bridgehead atoms. The van der Waals surface area contributed by atoms with Gasteiger partial charge in [0.1, 0.15) is 11.4 Å². The molecule has 0 radical (unpaired) electrons. The van der Waals surface area contributed by atoms with Crippen molar-refractivity contribution in [3.63, 3.8) is 0 Å². The summed E-state index contributed by atoms with van der Waals surface area (Å²) >= 11 is 0. The standard InChI is InChI=1S/C11H21N3O/c1-3-5-11(15,9-12)10-13-6-8-14(10)7-4-2/h6,8,15H,3-5,7,9,12H2,1-2H3. The predicted molar refractivity (Wildman–Crippen MR) is 60.4 cm³/mol. The van der Waals surface area contributed by atoms with E-state index in [2.05, 4.69) is 11.9 Å². The average Bonchev–Trinajstić information content (AvgIpc) is 2.67. The molecule has 0 saturated carbocycles. The van der Waals surface area contributed by atoms with Crippen molar-refractivity contribution in [3.8, 4) is 0 Å². The molecule has 1 unspecified atom stereocenters. The molecule has 0 fully saturated rings. The van der Waals surface area contributed by atoms with Crippen LogP contribution in [0.1, 0.15) is 38.9 Å². The van der Waals surface area contributed by atoms with E-state index in [4.69, 9.17) is 5.73 Å². The molecule has 0 aliphatic rings. The molecule has 4 nitrogen and oxygen atoms in total. The van der Waals surface area contributed by atoms with E-state index in [0.29, 0.717) is 12.2 Å². The Labute approximate surface area is 91.1 Å². The summed E-state index contributed by atoms with van der Waals surface area (Å²) in [7, 11) is 0. The second-order valence-electron chi connectivity index (χ2n) is 3.93. The van der Waals surface area contributed by atoms with E-state index in [9.17, 15) is 5.11 Å². The number of aliphatic hydroxyl groups is 1. The van der Waals surface area contributed by atoms with E-state index in [-0.39, 0.29) is 6.54 Å². The van der Waals surface area contributed by atoms with Crippen molar-refractivity contribution in [1.82, 2.24) is 9.55 Å². The first-order chi connectivity index (χ1) is 7.18. The zero-order chi connectivity index (χ0) is 11.3. The molecule has 1 aromatic rings. The predicted octanol–water partition coefficient (Wildman–Crippen LogP) is 1.24. The lowest BCUT2D eigenvalue weighted by Gasteiger charge is -2.26. The fourth-order valence-corrected chi connectivity index (χ4v) is 1.86. The molecule has 1 atom stereocenters.